The lowest BCUT2D eigenvalue weighted by atomic mass is 9.92. The Balaban J connectivity index is 1.65. The molecule has 2 aliphatic rings. The fraction of sp³-hybridized carbons (Fsp3) is 0.647. The van der Waals surface area contributed by atoms with Gasteiger partial charge >= 0.3 is 0 Å². The Morgan fingerprint density at radius 2 is 2.07 bits per heavy atom. The van der Waals surface area contributed by atoms with E-state index in [9.17, 15) is 19.2 Å². The second-order valence-electron chi connectivity index (χ2n) is 7.24. The van der Waals surface area contributed by atoms with Crippen molar-refractivity contribution in [1.82, 2.24) is 20.5 Å². The Kier molecular flexibility index (Phi) is 6.84. The summed E-state index contributed by atoms with van der Waals surface area (Å²) in [6, 6.07) is 0. The van der Waals surface area contributed by atoms with Crippen LogP contribution in [0, 0.1) is 17.7 Å². The molecule has 0 aromatic carbocycles. The van der Waals surface area contributed by atoms with E-state index in [0.29, 0.717) is 30.5 Å². The first-order chi connectivity index (χ1) is 13.5. The fourth-order valence-electron chi connectivity index (χ4n) is 3.63. The Labute approximate surface area is 167 Å². The summed E-state index contributed by atoms with van der Waals surface area (Å²) in [4.78, 5) is 32.8. The van der Waals surface area contributed by atoms with Crippen LogP contribution in [0.3, 0.4) is 0 Å². The number of nitrogens with zero attached hydrogens (tertiary/aromatic N) is 4. The first-order valence-corrected chi connectivity index (χ1v) is 9.80. The average molecular weight is 415 g/mol. The van der Waals surface area contributed by atoms with Crippen molar-refractivity contribution in [1.29, 1.82) is 0 Å². The lowest BCUT2D eigenvalue weighted by Gasteiger charge is -2.32. The van der Waals surface area contributed by atoms with Crippen LogP contribution in [0.15, 0.2) is 0 Å². The van der Waals surface area contributed by atoms with Gasteiger partial charge in [-0.1, -0.05) is 25.7 Å². The molecule has 0 bridgehead atoms. The van der Waals surface area contributed by atoms with Gasteiger partial charge in [0.05, 0.1) is 12.5 Å². The lowest BCUT2D eigenvalue weighted by molar-refractivity contribution is -0.154. The number of amides is 2. The molecule has 3 N–H and O–H groups in total. The highest BCUT2D eigenvalue weighted by molar-refractivity contribution is 6.28. The summed E-state index contributed by atoms with van der Waals surface area (Å²) in [5, 5.41) is 9.82. The van der Waals surface area contributed by atoms with E-state index in [1.54, 1.807) is 4.90 Å². The van der Waals surface area contributed by atoms with Gasteiger partial charge in [0.2, 0.25) is 23.4 Å². The minimum Gasteiger partial charge on any atom is -0.354 e. The van der Waals surface area contributed by atoms with Crippen LogP contribution < -0.4 is 15.8 Å². The molecular weight excluding hydrogens is 391 g/mol. The van der Waals surface area contributed by atoms with Gasteiger partial charge < -0.3 is 4.90 Å². The second kappa shape index (κ2) is 9.33. The number of aromatic nitrogens is 2. The van der Waals surface area contributed by atoms with Crippen molar-refractivity contribution in [2.24, 2.45) is 11.8 Å². The van der Waals surface area contributed by atoms with E-state index in [-0.39, 0.29) is 29.9 Å². The molecule has 1 aliphatic carbocycles. The van der Waals surface area contributed by atoms with Crippen molar-refractivity contribution in [3.63, 3.8) is 0 Å². The summed E-state index contributed by atoms with van der Waals surface area (Å²) in [6.45, 7) is 1.22. The molecule has 0 radical (unpaired) electrons. The number of hydroxylamine groups is 2. The molecule has 1 atom stereocenters. The zero-order chi connectivity index (χ0) is 20.1. The van der Waals surface area contributed by atoms with E-state index in [4.69, 9.17) is 11.6 Å². The molecular formula is C17H24ClFN6O3. The minimum atomic E-state index is -0.701. The number of hydrogen-bond acceptors (Lipinski definition) is 7. The molecule has 1 saturated heterocycles. The molecule has 3 rings (SSSR count). The average Bonchev–Trinajstić information content (AvgIpc) is 3.13. The molecule has 1 aromatic heterocycles. The molecule has 0 unspecified atom stereocenters. The number of rotatable bonds is 9. The summed E-state index contributed by atoms with van der Waals surface area (Å²) >= 11 is 5.88. The van der Waals surface area contributed by atoms with Crippen LogP contribution >= 0.6 is 11.6 Å². The molecule has 1 aliphatic heterocycles. The molecule has 9 nitrogen and oxygen atoms in total. The van der Waals surface area contributed by atoms with E-state index < -0.39 is 17.6 Å². The van der Waals surface area contributed by atoms with E-state index in [1.807, 2.05) is 0 Å². The molecule has 2 amide bonds. The van der Waals surface area contributed by atoms with Crippen LogP contribution in [-0.2, 0) is 9.59 Å². The summed E-state index contributed by atoms with van der Waals surface area (Å²) in [5.41, 5.74) is 4.89. The van der Waals surface area contributed by atoms with Crippen molar-refractivity contribution >= 4 is 35.6 Å². The predicted molar refractivity (Wildman–Crippen MR) is 100 cm³/mol. The Bertz CT molecular complexity index is 714. The number of anilines is 2. The SMILES string of the molecule is O=CN(O)C[C@H](CC1CCCC1)C(=O)NNc1nc(Cl)nc(N2CCC2)c1F. The molecule has 28 heavy (non-hydrogen) atoms. The van der Waals surface area contributed by atoms with Crippen LogP contribution in [0.25, 0.3) is 0 Å². The van der Waals surface area contributed by atoms with Gasteiger partial charge in [0.1, 0.15) is 0 Å². The molecule has 2 heterocycles. The first-order valence-electron chi connectivity index (χ1n) is 9.42. The van der Waals surface area contributed by atoms with Crippen LogP contribution in [0.1, 0.15) is 38.5 Å². The van der Waals surface area contributed by atoms with Gasteiger partial charge in [-0.2, -0.15) is 14.4 Å². The van der Waals surface area contributed by atoms with E-state index in [0.717, 1.165) is 32.1 Å². The molecule has 0 spiro atoms. The largest absolute Gasteiger partial charge is 0.354 e. The highest BCUT2D eigenvalue weighted by Crippen LogP contribution is 2.31. The lowest BCUT2D eigenvalue weighted by Crippen LogP contribution is -2.42. The number of carbonyl (C=O) groups is 2. The van der Waals surface area contributed by atoms with Crippen LogP contribution in [-0.4, -0.2) is 52.2 Å². The Morgan fingerprint density at radius 3 is 2.68 bits per heavy atom. The summed E-state index contributed by atoms with van der Waals surface area (Å²) in [5.74, 6) is -1.58. The summed E-state index contributed by atoms with van der Waals surface area (Å²) < 4.78 is 14.6. The van der Waals surface area contributed by atoms with Crippen molar-refractivity contribution in [2.75, 3.05) is 30.0 Å². The van der Waals surface area contributed by atoms with Gasteiger partial charge in [-0.05, 0) is 30.4 Å². The molecule has 1 saturated carbocycles. The maximum atomic E-state index is 14.6. The van der Waals surface area contributed by atoms with Crippen LogP contribution in [0.2, 0.25) is 5.28 Å². The zero-order valence-corrected chi connectivity index (χ0v) is 16.2. The fourth-order valence-corrected chi connectivity index (χ4v) is 3.80. The maximum absolute atomic E-state index is 14.6. The molecule has 1 aromatic rings. The van der Waals surface area contributed by atoms with Crippen molar-refractivity contribution in [3.05, 3.63) is 11.1 Å². The monoisotopic (exact) mass is 414 g/mol. The van der Waals surface area contributed by atoms with Gasteiger partial charge in [0, 0.05) is 13.1 Å². The normalized spacial score (nSPS) is 17.8. The van der Waals surface area contributed by atoms with Gasteiger partial charge in [-0.25, -0.2) is 5.06 Å². The van der Waals surface area contributed by atoms with Crippen LogP contribution in [0.5, 0.6) is 0 Å². The number of hydrogen-bond donors (Lipinski definition) is 3. The smallest absolute Gasteiger partial charge is 0.243 e. The standard InChI is InChI=1S/C17H24ClFN6O3/c18-17-20-14(13(19)15(21-17)24-6-3-7-24)22-23-16(27)12(9-25(28)10-26)8-11-4-1-2-5-11/h10-12,28H,1-9H2,(H,23,27)(H,20,21,22)/t12-/m0/s1. The van der Waals surface area contributed by atoms with Gasteiger partial charge in [0.25, 0.3) is 0 Å². The van der Waals surface area contributed by atoms with Gasteiger partial charge in [-0.3, -0.25) is 25.6 Å². The second-order valence-corrected chi connectivity index (χ2v) is 7.58. The molecule has 154 valence electrons. The van der Waals surface area contributed by atoms with Gasteiger partial charge in [0.15, 0.2) is 11.6 Å². The highest BCUT2D eigenvalue weighted by atomic mass is 35.5. The van der Waals surface area contributed by atoms with E-state index in [1.165, 1.54) is 0 Å². The van der Waals surface area contributed by atoms with E-state index in [2.05, 4.69) is 20.8 Å². The molecule has 2 fully saturated rings. The number of carbonyl (C=O) groups excluding carboxylic acids is 2. The number of nitrogens with one attached hydrogen (secondary N) is 2. The van der Waals surface area contributed by atoms with Crippen molar-refractivity contribution in [3.8, 4) is 0 Å². The van der Waals surface area contributed by atoms with Crippen molar-refractivity contribution in [2.45, 2.75) is 38.5 Å². The van der Waals surface area contributed by atoms with Crippen molar-refractivity contribution < 1.29 is 19.2 Å². The molecule has 11 heteroatoms. The number of halogens is 2. The van der Waals surface area contributed by atoms with Crippen LogP contribution in [0.4, 0.5) is 16.0 Å². The summed E-state index contributed by atoms with van der Waals surface area (Å²) in [7, 11) is 0. The maximum Gasteiger partial charge on any atom is 0.243 e. The Morgan fingerprint density at radius 1 is 1.36 bits per heavy atom. The third-order valence-corrected chi connectivity index (χ3v) is 5.43. The third kappa shape index (κ3) is 4.99. The van der Waals surface area contributed by atoms with Gasteiger partial charge in [-0.15, -0.1) is 0 Å². The van der Waals surface area contributed by atoms with E-state index >= 15 is 0 Å². The third-order valence-electron chi connectivity index (χ3n) is 5.26. The first kappa shape index (κ1) is 20.5. The minimum absolute atomic E-state index is 0.0907. The zero-order valence-electron chi connectivity index (χ0n) is 15.4. The summed E-state index contributed by atoms with van der Waals surface area (Å²) in [6.07, 6.45) is 5.97. The Hall–Kier alpha value is -2.20. The number of hydrazine groups is 1. The quantitative estimate of drug-likeness (QED) is 0.245. The topological polar surface area (TPSA) is 111 Å². The predicted octanol–water partition coefficient (Wildman–Crippen LogP) is 1.97. The highest BCUT2D eigenvalue weighted by Gasteiger charge is 2.28.